The van der Waals surface area contributed by atoms with Crippen LogP contribution in [-0.4, -0.2) is 32.5 Å². The Morgan fingerprint density at radius 3 is 3.00 bits per heavy atom. The van der Waals surface area contributed by atoms with E-state index in [-0.39, 0.29) is 11.9 Å². The summed E-state index contributed by atoms with van der Waals surface area (Å²) < 4.78 is 5.19. The Morgan fingerprint density at radius 2 is 2.33 bits per heavy atom. The summed E-state index contributed by atoms with van der Waals surface area (Å²) in [7, 11) is 0. The lowest BCUT2D eigenvalue weighted by Gasteiger charge is -2.23. The van der Waals surface area contributed by atoms with Gasteiger partial charge in [0.25, 0.3) is 5.91 Å². The van der Waals surface area contributed by atoms with Crippen LogP contribution in [0.1, 0.15) is 59.1 Å². The summed E-state index contributed by atoms with van der Waals surface area (Å²) in [5.41, 5.74) is 2.37. The number of hydrogen-bond acceptors (Lipinski definition) is 4. The van der Waals surface area contributed by atoms with E-state index < -0.39 is 0 Å². The van der Waals surface area contributed by atoms with Gasteiger partial charge in [-0.3, -0.25) is 4.79 Å². The maximum Gasteiger partial charge on any atom is 0.260 e. The summed E-state index contributed by atoms with van der Waals surface area (Å²) in [6, 6.07) is 0.0187. The summed E-state index contributed by atoms with van der Waals surface area (Å²) in [6.07, 6.45) is 4.42. The SMILES string of the molecule is CCc1noc(C)c1C(=O)N1CCC[C@@H]1c1ncc(C)[nH]1. The lowest BCUT2D eigenvalue weighted by atomic mass is 10.1. The highest BCUT2D eigenvalue weighted by atomic mass is 16.5. The first-order valence-electron chi connectivity index (χ1n) is 7.39. The van der Waals surface area contributed by atoms with Gasteiger partial charge in [0.05, 0.1) is 11.7 Å². The van der Waals surface area contributed by atoms with Gasteiger partial charge in [-0.25, -0.2) is 4.98 Å². The first-order chi connectivity index (χ1) is 10.1. The van der Waals surface area contributed by atoms with Crippen LogP contribution in [0.3, 0.4) is 0 Å². The number of rotatable bonds is 3. The molecule has 21 heavy (non-hydrogen) atoms. The molecule has 0 bridgehead atoms. The number of amides is 1. The van der Waals surface area contributed by atoms with Crippen LogP contribution in [0, 0.1) is 13.8 Å². The van der Waals surface area contributed by atoms with E-state index in [1.807, 2.05) is 18.7 Å². The second-order valence-electron chi connectivity index (χ2n) is 5.52. The fourth-order valence-corrected chi connectivity index (χ4v) is 2.97. The molecule has 112 valence electrons. The number of likely N-dealkylation sites (tertiary alicyclic amines) is 1. The minimum Gasteiger partial charge on any atom is -0.361 e. The van der Waals surface area contributed by atoms with Crippen molar-refractivity contribution in [1.82, 2.24) is 20.0 Å². The summed E-state index contributed by atoms with van der Waals surface area (Å²) in [5.74, 6) is 1.46. The lowest BCUT2D eigenvalue weighted by Crippen LogP contribution is -2.32. The first-order valence-corrected chi connectivity index (χ1v) is 7.39. The van der Waals surface area contributed by atoms with Gasteiger partial charge in [-0.05, 0) is 33.1 Å². The van der Waals surface area contributed by atoms with E-state index in [0.29, 0.717) is 17.7 Å². The first kappa shape index (κ1) is 13.9. The van der Waals surface area contributed by atoms with Gasteiger partial charge in [0.2, 0.25) is 0 Å². The molecule has 0 unspecified atom stereocenters. The van der Waals surface area contributed by atoms with Crippen molar-refractivity contribution < 1.29 is 9.32 Å². The third-order valence-corrected chi connectivity index (χ3v) is 4.03. The molecular formula is C15H20N4O2. The quantitative estimate of drug-likeness (QED) is 0.941. The maximum absolute atomic E-state index is 12.9. The Bertz CT molecular complexity index is 658. The van der Waals surface area contributed by atoms with Gasteiger partial charge in [-0.1, -0.05) is 12.1 Å². The number of H-pyrrole nitrogens is 1. The van der Waals surface area contributed by atoms with E-state index in [1.165, 1.54) is 0 Å². The van der Waals surface area contributed by atoms with Crippen LogP contribution in [-0.2, 0) is 6.42 Å². The molecule has 3 heterocycles. The van der Waals surface area contributed by atoms with E-state index >= 15 is 0 Å². The molecule has 0 saturated carbocycles. The monoisotopic (exact) mass is 288 g/mol. The van der Waals surface area contributed by atoms with E-state index in [2.05, 4.69) is 15.1 Å². The number of aromatic amines is 1. The minimum absolute atomic E-state index is 0.00199. The largest absolute Gasteiger partial charge is 0.361 e. The van der Waals surface area contributed by atoms with Crippen LogP contribution in [0.25, 0.3) is 0 Å². The molecule has 3 rings (SSSR count). The Balaban J connectivity index is 1.91. The molecule has 1 fully saturated rings. The van der Waals surface area contributed by atoms with Crippen LogP contribution in [0.2, 0.25) is 0 Å². The topological polar surface area (TPSA) is 75.0 Å². The number of aryl methyl sites for hydroxylation is 3. The number of carbonyl (C=O) groups is 1. The second kappa shape index (κ2) is 5.35. The van der Waals surface area contributed by atoms with Crippen LogP contribution in [0.15, 0.2) is 10.7 Å². The van der Waals surface area contributed by atoms with Gasteiger partial charge in [-0.15, -0.1) is 0 Å². The molecule has 0 spiro atoms. The van der Waals surface area contributed by atoms with Gasteiger partial charge in [0, 0.05) is 18.4 Å². The molecule has 6 nitrogen and oxygen atoms in total. The second-order valence-corrected chi connectivity index (χ2v) is 5.52. The molecule has 2 aromatic heterocycles. The number of nitrogens with one attached hydrogen (secondary N) is 1. The van der Waals surface area contributed by atoms with Crippen molar-refractivity contribution in [1.29, 1.82) is 0 Å². The average Bonchev–Trinajstić information content (AvgIpc) is 3.16. The molecule has 0 aliphatic carbocycles. The van der Waals surface area contributed by atoms with Crippen molar-refractivity contribution in [3.8, 4) is 0 Å². The average molecular weight is 288 g/mol. The van der Waals surface area contributed by atoms with E-state index in [0.717, 1.165) is 36.6 Å². The van der Waals surface area contributed by atoms with Gasteiger partial charge < -0.3 is 14.4 Å². The predicted molar refractivity (Wildman–Crippen MR) is 77.0 cm³/mol. The molecule has 6 heteroatoms. The molecule has 1 atom stereocenters. The molecule has 1 saturated heterocycles. The van der Waals surface area contributed by atoms with Crippen LogP contribution in [0.4, 0.5) is 0 Å². The Labute approximate surface area is 123 Å². The van der Waals surface area contributed by atoms with Gasteiger partial charge in [0.1, 0.15) is 17.1 Å². The molecule has 2 aromatic rings. The van der Waals surface area contributed by atoms with Crippen molar-refractivity contribution in [2.24, 2.45) is 0 Å². The van der Waals surface area contributed by atoms with Gasteiger partial charge >= 0.3 is 0 Å². The molecule has 1 N–H and O–H groups in total. The number of aromatic nitrogens is 3. The number of hydrogen-bond donors (Lipinski definition) is 1. The summed E-state index contributed by atoms with van der Waals surface area (Å²) >= 11 is 0. The van der Waals surface area contributed by atoms with Crippen molar-refractivity contribution in [2.45, 2.75) is 46.1 Å². The highest BCUT2D eigenvalue weighted by Crippen LogP contribution is 2.32. The van der Waals surface area contributed by atoms with Crippen molar-refractivity contribution >= 4 is 5.91 Å². The normalized spacial score (nSPS) is 18.4. The minimum atomic E-state index is 0.00199. The van der Waals surface area contributed by atoms with Gasteiger partial charge in [-0.2, -0.15) is 0 Å². The van der Waals surface area contributed by atoms with Crippen molar-refractivity contribution in [3.05, 3.63) is 34.7 Å². The fourth-order valence-electron chi connectivity index (χ4n) is 2.97. The Hall–Kier alpha value is -2.11. The number of carbonyl (C=O) groups excluding carboxylic acids is 1. The smallest absolute Gasteiger partial charge is 0.260 e. The molecular weight excluding hydrogens is 268 g/mol. The zero-order chi connectivity index (χ0) is 15.0. The molecule has 0 radical (unpaired) electrons. The third-order valence-electron chi connectivity index (χ3n) is 4.03. The maximum atomic E-state index is 12.9. The zero-order valence-corrected chi connectivity index (χ0v) is 12.6. The highest BCUT2D eigenvalue weighted by molar-refractivity contribution is 5.96. The Morgan fingerprint density at radius 1 is 1.52 bits per heavy atom. The third kappa shape index (κ3) is 2.34. The van der Waals surface area contributed by atoms with Crippen LogP contribution < -0.4 is 0 Å². The lowest BCUT2D eigenvalue weighted by molar-refractivity contribution is 0.0727. The summed E-state index contributed by atoms with van der Waals surface area (Å²) in [5, 5.41) is 3.98. The highest BCUT2D eigenvalue weighted by Gasteiger charge is 2.35. The molecule has 1 amide bonds. The number of nitrogens with zero attached hydrogens (tertiary/aromatic N) is 3. The summed E-state index contributed by atoms with van der Waals surface area (Å²) in [4.78, 5) is 22.4. The molecule has 1 aliphatic heterocycles. The van der Waals surface area contributed by atoms with Crippen LogP contribution >= 0.6 is 0 Å². The van der Waals surface area contributed by atoms with Gasteiger partial charge in [0.15, 0.2) is 0 Å². The van der Waals surface area contributed by atoms with Crippen molar-refractivity contribution in [3.63, 3.8) is 0 Å². The zero-order valence-electron chi connectivity index (χ0n) is 12.6. The molecule has 1 aliphatic rings. The van der Waals surface area contributed by atoms with E-state index in [9.17, 15) is 4.79 Å². The Kier molecular flexibility index (Phi) is 3.53. The van der Waals surface area contributed by atoms with Crippen LogP contribution in [0.5, 0.6) is 0 Å². The van der Waals surface area contributed by atoms with Crippen molar-refractivity contribution in [2.75, 3.05) is 6.54 Å². The summed E-state index contributed by atoms with van der Waals surface area (Å²) in [6.45, 7) is 6.49. The standard InChI is InChI=1S/C15H20N4O2/c1-4-11-13(10(3)21-18-11)15(20)19-7-5-6-12(19)14-16-8-9(2)17-14/h8,12H,4-7H2,1-3H3,(H,16,17)/t12-/m1/s1. The predicted octanol–water partition coefficient (Wildman–Crippen LogP) is 2.55. The number of imidazole rings is 1. The van der Waals surface area contributed by atoms with E-state index in [4.69, 9.17) is 4.52 Å². The molecule has 0 aromatic carbocycles. The fraction of sp³-hybridized carbons (Fsp3) is 0.533. The van der Waals surface area contributed by atoms with E-state index in [1.54, 1.807) is 13.1 Å².